The fourth-order valence-corrected chi connectivity index (χ4v) is 6.11. The van der Waals surface area contributed by atoms with Crippen molar-refractivity contribution in [2.75, 3.05) is 13.1 Å². The Hall–Kier alpha value is -1.86. The molecule has 7 heteroatoms. The molecule has 0 bridgehead atoms. The van der Waals surface area contributed by atoms with Gasteiger partial charge in [0.25, 0.3) is 0 Å². The zero-order valence-electron chi connectivity index (χ0n) is 18.0. The van der Waals surface area contributed by atoms with E-state index in [2.05, 4.69) is 45.4 Å². The molecule has 3 heterocycles. The van der Waals surface area contributed by atoms with Gasteiger partial charge in [0, 0.05) is 24.5 Å². The SMILES string of the molecule is O=C1CCC(N2Cc3ccc(CN4CCC(c5ccccc5Cl)CC4)cc3C2S)C(=O)N1. The summed E-state index contributed by atoms with van der Waals surface area (Å²) in [5, 5.41) is 3.22. The lowest BCUT2D eigenvalue weighted by atomic mass is 9.89. The summed E-state index contributed by atoms with van der Waals surface area (Å²) in [6.07, 6.45) is 3.18. The zero-order valence-corrected chi connectivity index (χ0v) is 19.6. The van der Waals surface area contributed by atoms with Gasteiger partial charge in [0.2, 0.25) is 11.8 Å². The van der Waals surface area contributed by atoms with Crippen molar-refractivity contribution >= 4 is 36.0 Å². The number of nitrogens with zero attached hydrogens (tertiary/aromatic N) is 2. The highest BCUT2D eigenvalue weighted by Gasteiger charge is 2.39. The summed E-state index contributed by atoms with van der Waals surface area (Å²) in [6.45, 7) is 3.72. The van der Waals surface area contributed by atoms with Gasteiger partial charge in [-0.3, -0.25) is 24.7 Å². The first-order valence-corrected chi connectivity index (χ1v) is 12.2. The first-order chi connectivity index (χ1) is 15.5. The molecule has 32 heavy (non-hydrogen) atoms. The minimum atomic E-state index is -0.296. The molecule has 2 fully saturated rings. The molecule has 3 aliphatic heterocycles. The van der Waals surface area contributed by atoms with E-state index in [4.69, 9.17) is 24.2 Å². The van der Waals surface area contributed by atoms with E-state index in [1.807, 2.05) is 12.1 Å². The second-order valence-electron chi connectivity index (χ2n) is 9.12. The monoisotopic (exact) mass is 469 g/mol. The summed E-state index contributed by atoms with van der Waals surface area (Å²) >= 11 is 11.3. The number of thiol groups is 1. The summed E-state index contributed by atoms with van der Waals surface area (Å²) in [5.74, 6) is 0.151. The number of hydrogen-bond acceptors (Lipinski definition) is 5. The Labute approximate surface area is 199 Å². The van der Waals surface area contributed by atoms with E-state index in [-0.39, 0.29) is 23.2 Å². The van der Waals surface area contributed by atoms with Crippen molar-refractivity contribution in [3.8, 4) is 0 Å². The van der Waals surface area contributed by atoms with E-state index in [1.54, 1.807) is 0 Å². The highest BCUT2D eigenvalue weighted by Crippen LogP contribution is 2.40. The number of likely N-dealkylation sites (tertiary alicyclic amines) is 1. The van der Waals surface area contributed by atoms with Gasteiger partial charge in [-0.15, -0.1) is 0 Å². The van der Waals surface area contributed by atoms with Crippen LogP contribution in [0.2, 0.25) is 5.02 Å². The van der Waals surface area contributed by atoms with Crippen LogP contribution in [-0.2, 0) is 22.7 Å². The highest BCUT2D eigenvalue weighted by atomic mass is 35.5. The molecule has 2 saturated heterocycles. The molecule has 3 aliphatic rings. The van der Waals surface area contributed by atoms with Crippen LogP contribution in [0.4, 0.5) is 0 Å². The molecule has 0 aromatic heterocycles. The number of piperidine rings is 2. The summed E-state index contributed by atoms with van der Waals surface area (Å²) in [7, 11) is 0. The highest BCUT2D eigenvalue weighted by molar-refractivity contribution is 7.80. The summed E-state index contributed by atoms with van der Waals surface area (Å²) < 4.78 is 0. The summed E-state index contributed by atoms with van der Waals surface area (Å²) in [6, 6.07) is 14.5. The zero-order chi connectivity index (χ0) is 22.2. The number of carbonyl (C=O) groups excluding carboxylic acids is 2. The van der Waals surface area contributed by atoms with Gasteiger partial charge in [-0.05, 0) is 66.6 Å². The Morgan fingerprint density at radius 1 is 1.03 bits per heavy atom. The van der Waals surface area contributed by atoms with Crippen molar-refractivity contribution in [2.24, 2.45) is 0 Å². The maximum Gasteiger partial charge on any atom is 0.243 e. The molecule has 5 nitrogen and oxygen atoms in total. The third-order valence-electron chi connectivity index (χ3n) is 7.10. The Morgan fingerprint density at radius 3 is 2.56 bits per heavy atom. The average molecular weight is 470 g/mol. The molecule has 5 rings (SSSR count). The van der Waals surface area contributed by atoms with Crippen molar-refractivity contribution in [2.45, 2.75) is 56.1 Å². The lowest BCUT2D eigenvalue weighted by Gasteiger charge is -2.33. The van der Waals surface area contributed by atoms with Gasteiger partial charge in [0.1, 0.15) is 0 Å². The van der Waals surface area contributed by atoms with Crippen molar-refractivity contribution in [1.29, 1.82) is 0 Å². The van der Waals surface area contributed by atoms with Crippen LogP contribution in [0.3, 0.4) is 0 Å². The van der Waals surface area contributed by atoms with Crippen molar-refractivity contribution in [3.05, 3.63) is 69.7 Å². The Kier molecular flexibility index (Phi) is 6.30. The van der Waals surface area contributed by atoms with Crippen LogP contribution in [0.5, 0.6) is 0 Å². The van der Waals surface area contributed by atoms with Crippen LogP contribution in [0.1, 0.15) is 59.2 Å². The fraction of sp³-hybridized carbons (Fsp3) is 0.440. The average Bonchev–Trinajstić information content (AvgIpc) is 3.11. The molecule has 2 amide bonds. The Morgan fingerprint density at radius 2 is 1.81 bits per heavy atom. The predicted molar refractivity (Wildman–Crippen MR) is 129 cm³/mol. The van der Waals surface area contributed by atoms with Crippen LogP contribution in [0.25, 0.3) is 0 Å². The number of fused-ring (bicyclic) bond motifs is 1. The maximum absolute atomic E-state index is 12.3. The molecular weight excluding hydrogens is 442 g/mol. The van der Waals surface area contributed by atoms with E-state index < -0.39 is 0 Å². The standard InChI is InChI=1S/C25H28ClN3O2S/c26-21-4-2-1-3-19(21)17-9-11-28(12-10-17)14-16-5-6-18-15-29(25(32)20(18)13-16)22-7-8-23(30)27-24(22)31/h1-6,13,17,22,25,32H,7-12,14-15H2,(H,27,30,31). The van der Waals surface area contributed by atoms with Crippen molar-refractivity contribution in [3.63, 3.8) is 0 Å². The number of nitrogens with one attached hydrogen (secondary N) is 1. The molecule has 0 aliphatic carbocycles. The molecule has 168 valence electrons. The summed E-state index contributed by atoms with van der Waals surface area (Å²) in [4.78, 5) is 28.5. The number of imide groups is 1. The molecule has 2 unspecified atom stereocenters. The molecule has 0 saturated carbocycles. The fourth-order valence-electron chi connectivity index (χ4n) is 5.33. The van der Waals surface area contributed by atoms with Gasteiger partial charge >= 0.3 is 0 Å². The van der Waals surface area contributed by atoms with Crippen LogP contribution in [0, 0.1) is 0 Å². The van der Waals surface area contributed by atoms with E-state index in [0.717, 1.165) is 37.5 Å². The van der Waals surface area contributed by atoms with Gasteiger partial charge in [0.15, 0.2) is 0 Å². The molecule has 2 aromatic rings. The molecule has 0 spiro atoms. The summed E-state index contributed by atoms with van der Waals surface area (Å²) in [5.41, 5.74) is 4.96. The largest absolute Gasteiger partial charge is 0.299 e. The number of carbonyl (C=O) groups is 2. The van der Waals surface area contributed by atoms with Gasteiger partial charge < -0.3 is 0 Å². The van der Waals surface area contributed by atoms with E-state index in [0.29, 0.717) is 25.3 Å². The molecule has 1 N–H and O–H groups in total. The van der Waals surface area contributed by atoms with Crippen LogP contribution < -0.4 is 5.32 Å². The number of amides is 2. The van der Waals surface area contributed by atoms with Crippen molar-refractivity contribution in [1.82, 2.24) is 15.1 Å². The van der Waals surface area contributed by atoms with Gasteiger partial charge in [-0.25, -0.2) is 0 Å². The predicted octanol–water partition coefficient (Wildman–Crippen LogP) is 4.27. The lowest BCUT2D eigenvalue weighted by Crippen LogP contribution is -2.51. The molecule has 2 aromatic carbocycles. The third kappa shape index (κ3) is 4.34. The van der Waals surface area contributed by atoms with Gasteiger partial charge in [-0.2, -0.15) is 12.6 Å². The number of hydrogen-bond donors (Lipinski definition) is 2. The Bertz CT molecular complexity index is 1040. The smallest absolute Gasteiger partial charge is 0.243 e. The minimum Gasteiger partial charge on any atom is -0.299 e. The minimum absolute atomic E-state index is 0.125. The third-order valence-corrected chi connectivity index (χ3v) is 8.02. The van der Waals surface area contributed by atoms with Gasteiger partial charge in [0.05, 0.1) is 11.4 Å². The van der Waals surface area contributed by atoms with E-state index >= 15 is 0 Å². The molecular formula is C25H28ClN3O2S. The maximum atomic E-state index is 12.3. The van der Waals surface area contributed by atoms with Gasteiger partial charge in [-0.1, -0.05) is 48.0 Å². The molecule has 0 radical (unpaired) electrons. The number of benzene rings is 2. The molecule has 2 atom stereocenters. The Balaban J connectivity index is 1.22. The topological polar surface area (TPSA) is 52.7 Å². The van der Waals surface area contributed by atoms with Crippen LogP contribution in [0.15, 0.2) is 42.5 Å². The number of rotatable bonds is 4. The lowest BCUT2D eigenvalue weighted by molar-refractivity contribution is -0.137. The van der Waals surface area contributed by atoms with Crippen LogP contribution >= 0.6 is 24.2 Å². The first-order valence-electron chi connectivity index (χ1n) is 11.4. The van der Waals surface area contributed by atoms with E-state index in [1.165, 1.54) is 22.3 Å². The van der Waals surface area contributed by atoms with Crippen LogP contribution in [-0.4, -0.2) is 40.7 Å². The number of halogens is 1. The normalized spacial score (nSPS) is 25.1. The first kappa shape index (κ1) is 22.0. The second-order valence-corrected chi connectivity index (χ2v) is 10.0. The van der Waals surface area contributed by atoms with E-state index in [9.17, 15) is 9.59 Å². The second kappa shape index (κ2) is 9.18. The van der Waals surface area contributed by atoms with Crippen molar-refractivity contribution < 1.29 is 9.59 Å². The quantitative estimate of drug-likeness (QED) is 0.518.